The van der Waals surface area contributed by atoms with Crippen molar-refractivity contribution in [2.24, 2.45) is 0 Å². The highest BCUT2D eigenvalue weighted by Crippen LogP contribution is 2.41. The Bertz CT molecular complexity index is 866. The second-order valence-electron chi connectivity index (χ2n) is 5.63. The van der Waals surface area contributed by atoms with Crippen molar-refractivity contribution in [3.8, 4) is 0 Å². The molecule has 0 unspecified atom stereocenters. The standard InChI is InChI=1S/C16H16N4O2S/c1-2-22-16(21)13-8-20(19-18-13)9-15-17-12-6-5-11(10-3-4-10)7-14(12)23-15/h5-8,10H,2-4,9H2,1H3. The molecule has 4 rings (SSSR count). The van der Waals surface area contributed by atoms with Crippen LogP contribution in [0.5, 0.6) is 0 Å². The van der Waals surface area contributed by atoms with Crippen molar-refractivity contribution < 1.29 is 9.53 Å². The fourth-order valence-corrected chi connectivity index (χ4v) is 3.55. The first kappa shape index (κ1) is 14.3. The number of nitrogens with zero attached hydrogens (tertiary/aromatic N) is 4. The first-order valence-electron chi connectivity index (χ1n) is 7.69. The van der Waals surface area contributed by atoms with E-state index in [-0.39, 0.29) is 5.69 Å². The third kappa shape index (κ3) is 2.96. The summed E-state index contributed by atoms with van der Waals surface area (Å²) in [5.41, 5.74) is 2.65. The molecule has 0 saturated heterocycles. The Morgan fingerprint density at radius 3 is 3.09 bits per heavy atom. The second kappa shape index (κ2) is 5.73. The molecule has 2 aromatic heterocycles. The molecule has 0 radical (unpaired) electrons. The van der Waals surface area contributed by atoms with Gasteiger partial charge in [0.2, 0.25) is 0 Å². The zero-order chi connectivity index (χ0) is 15.8. The quantitative estimate of drug-likeness (QED) is 0.673. The summed E-state index contributed by atoms with van der Waals surface area (Å²) in [4.78, 5) is 16.2. The minimum Gasteiger partial charge on any atom is -0.461 e. The van der Waals surface area contributed by atoms with Crippen molar-refractivity contribution in [1.29, 1.82) is 0 Å². The first-order valence-corrected chi connectivity index (χ1v) is 8.51. The third-order valence-corrected chi connectivity index (χ3v) is 4.83. The molecule has 1 aromatic carbocycles. The topological polar surface area (TPSA) is 69.9 Å². The molecule has 0 amide bonds. The largest absolute Gasteiger partial charge is 0.461 e. The molecule has 0 aliphatic heterocycles. The Balaban J connectivity index is 1.54. The number of hydrogen-bond donors (Lipinski definition) is 0. The molecule has 0 atom stereocenters. The van der Waals surface area contributed by atoms with Gasteiger partial charge < -0.3 is 4.74 Å². The molecule has 2 heterocycles. The Morgan fingerprint density at radius 2 is 2.30 bits per heavy atom. The summed E-state index contributed by atoms with van der Waals surface area (Å²) >= 11 is 1.66. The fourth-order valence-electron chi connectivity index (χ4n) is 2.54. The van der Waals surface area contributed by atoms with Crippen LogP contribution in [0.3, 0.4) is 0 Å². The number of hydrogen-bond acceptors (Lipinski definition) is 6. The summed E-state index contributed by atoms with van der Waals surface area (Å²) in [5.74, 6) is 0.296. The molecule has 1 aliphatic carbocycles. The molecule has 0 spiro atoms. The number of carbonyl (C=O) groups excluding carboxylic acids is 1. The van der Waals surface area contributed by atoms with Crippen molar-refractivity contribution in [2.75, 3.05) is 6.61 Å². The number of ether oxygens (including phenoxy) is 1. The lowest BCUT2D eigenvalue weighted by atomic mass is 10.1. The second-order valence-corrected chi connectivity index (χ2v) is 6.75. The van der Waals surface area contributed by atoms with Crippen LogP contribution in [0, 0.1) is 0 Å². The fraction of sp³-hybridized carbons (Fsp3) is 0.375. The number of fused-ring (bicyclic) bond motifs is 1. The minimum absolute atomic E-state index is 0.226. The van der Waals surface area contributed by atoms with Crippen molar-refractivity contribution >= 4 is 27.5 Å². The summed E-state index contributed by atoms with van der Waals surface area (Å²) in [7, 11) is 0. The van der Waals surface area contributed by atoms with Gasteiger partial charge in [-0.1, -0.05) is 11.3 Å². The highest BCUT2D eigenvalue weighted by molar-refractivity contribution is 7.18. The maximum absolute atomic E-state index is 11.6. The lowest BCUT2D eigenvalue weighted by Gasteiger charge is -1.95. The van der Waals surface area contributed by atoms with E-state index in [0.29, 0.717) is 13.2 Å². The lowest BCUT2D eigenvalue weighted by Crippen LogP contribution is -2.04. The van der Waals surface area contributed by atoms with Crippen LogP contribution in [-0.4, -0.2) is 32.6 Å². The molecule has 6 nitrogen and oxygen atoms in total. The SMILES string of the molecule is CCOC(=O)c1cn(Cc2nc3ccc(C4CC4)cc3s2)nn1. The average molecular weight is 328 g/mol. The molecule has 1 fully saturated rings. The predicted octanol–water partition coefficient (Wildman–Crippen LogP) is 2.99. The monoisotopic (exact) mass is 328 g/mol. The van der Waals surface area contributed by atoms with Gasteiger partial charge in [-0.2, -0.15) is 0 Å². The van der Waals surface area contributed by atoms with Crippen LogP contribution < -0.4 is 0 Å². The highest BCUT2D eigenvalue weighted by Gasteiger charge is 2.23. The first-order chi connectivity index (χ1) is 11.2. The highest BCUT2D eigenvalue weighted by atomic mass is 32.1. The van der Waals surface area contributed by atoms with E-state index in [0.717, 1.165) is 16.4 Å². The zero-order valence-electron chi connectivity index (χ0n) is 12.7. The molecule has 1 saturated carbocycles. The van der Waals surface area contributed by atoms with E-state index in [2.05, 4.69) is 33.5 Å². The summed E-state index contributed by atoms with van der Waals surface area (Å²) in [6.45, 7) is 2.59. The van der Waals surface area contributed by atoms with E-state index in [1.54, 1.807) is 29.1 Å². The van der Waals surface area contributed by atoms with E-state index < -0.39 is 5.97 Å². The lowest BCUT2D eigenvalue weighted by molar-refractivity contribution is 0.0519. The van der Waals surface area contributed by atoms with Gasteiger partial charge in [0, 0.05) is 0 Å². The molecule has 0 bridgehead atoms. The van der Waals surface area contributed by atoms with Gasteiger partial charge in [0.25, 0.3) is 0 Å². The van der Waals surface area contributed by atoms with E-state index in [1.807, 2.05) is 0 Å². The van der Waals surface area contributed by atoms with Crippen LogP contribution in [0.1, 0.15) is 46.7 Å². The average Bonchev–Trinajstić information content (AvgIpc) is 3.15. The molecule has 0 N–H and O–H groups in total. The Hall–Kier alpha value is -2.28. The van der Waals surface area contributed by atoms with Crippen molar-refractivity contribution in [3.63, 3.8) is 0 Å². The zero-order valence-corrected chi connectivity index (χ0v) is 13.5. The van der Waals surface area contributed by atoms with E-state index in [9.17, 15) is 4.79 Å². The van der Waals surface area contributed by atoms with Crippen LogP contribution in [0.2, 0.25) is 0 Å². The van der Waals surface area contributed by atoms with Crippen molar-refractivity contribution in [2.45, 2.75) is 32.2 Å². The maximum atomic E-state index is 11.6. The Kier molecular flexibility index (Phi) is 3.57. The number of aromatic nitrogens is 4. The predicted molar refractivity (Wildman–Crippen MR) is 86.7 cm³/mol. The smallest absolute Gasteiger partial charge is 0.360 e. The van der Waals surface area contributed by atoms with Gasteiger partial charge in [0.05, 0.1) is 29.6 Å². The maximum Gasteiger partial charge on any atom is 0.360 e. The molecule has 7 heteroatoms. The summed E-state index contributed by atoms with van der Waals surface area (Å²) < 4.78 is 7.73. The van der Waals surface area contributed by atoms with Gasteiger partial charge >= 0.3 is 5.97 Å². The number of rotatable bonds is 5. The van der Waals surface area contributed by atoms with Crippen LogP contribution in [0.4, 0.5) is 0 Å². The molecule has 3 aromatic rings. The molecular formula is C16H16N4O2S. The minimum atomic E-state index is -0.447. The number of esters is 1. The summed E-state index contributed by atoms with van der Waals surface area (Å²) in [6, 6.07) is 6.52. The van der Waals surface area contributed by atoms with Gasteiger partial charge in [-0.25, -0.2) is 14.5 Å². The van der Waals surface area contributed by atoms with Crippen molar-refractivity contribution in [1.82, 2.24) is 20.0 Å². The van der Waals surface area contributed by atoms with Gasteiger partial charge in [-0.15, -0.1) is 16.4 Å². The van der Waals surface area contributed by atoms with Crippen molar-refractivity contribution in [3.05, 3.63) is 40.7 Å². The summed E-state index contributed by atoms with van der Waals surface area (Å²) in [5, 5.41) is 8.77. The molecular weight excluding hydrogens is 312 g/mol. The van der Waals surface area contributed by atoms with Gasteiger partial charge in [-0.05, 0) is 43.4 Å². The van der Waals surface area contributed by atoms with E-state index in [4.69, 9.17) is 4.74 Å². The third-order valence-electron chi connectivity index (χ3n) is 3.83. The van der Waals surface area contributed by atoms with Gasteiger partial charge in [0.15, 0.2) is 5.69 Å². The molecule has 118 valence electrons. The molecule has 1 aliphatic rings. The normalized spacial score (nSPS) is 14.3. The van der Waals surface area contributed by atoms with Crippen LogP contribution in [-0.2, 0) is 11.3 Å². The number of carbonyl (C=O) groups is 1. The van der Waals surface area contributed by atoms with E-state index >= 15 is 0 Å². The molecule has 23 heavy (non-hydrogen) atoms. The summed E-state index contributed by atoms with van der Waals surface area (Å²) in [6.07, 6.45) is 4.19. The van der Waals surface area contributed by atoms with Crippen LogP contribution >= 0.6 is 11.3 Å². The van der Waals surface area contributed by atoms with Gasteiger partial charge in [0.1, 0.15) is 5.01 Å². The van der Waals surface area contributed by atoms with Gasteiger partial charge in [-0.3, -0.25) is 0 Å². The number of benzene rings is 1. The number of thiazole rings is 1. The van der Waals surface area contributed by atoms with Crippen LogP contribution in [0.15, 0.2) is 24.4 Å². The van der Waals surface area contributed by atoms with E-state index in [1.165, 1.54) is 23.1 Å². The van der Waals surface area contributed by atoms with Crippen LogP contribution in [0.25, 0.3) is 10.2 Å². The Labute approximate surface area is 137 Å². The Morgan fingerprint density at radius 1 is 1.43 bits per heavy atom.